The first-order chi connectivity index (χ1) is 12.7. The molecule has 0 unspecified atom stereocenters. The fraction of sp³-hybridized carbons (Fsp3) is 0.200. The van der Waals surface area contributed by atoms with E-state index in [1.54, 1.807) is 19.1 Å². The van der Waals surface area contributed by atoms with Crippen molar-refractivity contribution in [1.82, 2.24) is 9.97 Å². The second-order valence-electron chi connectivity index (χ2n) is 6.56. The fourth-order valence-electron chi connectivity index (χ4n) is 2.68. The quantitative estimate of drug-likeness (QED) is 0.708. The summed E-state index contributed by atoms with van der Waals surface area (Å²) in [5, 5.41) is 0. The largest absolute Gasteiger partial charge is 0.292 e. The summed E-state index contributed by atoms with van der Waals surface area (Å²) in [6, 6.07) is 14.3. The minimum absolute atomic E-state index is 0.0919. The van der Waals surface area contributed by atoms with Gasteiger partial charge >= 0.3 is 0 Å². The number of nitrogens with one attached hydrogen (secondary N) is 2. The van der Waals surface area contributed by atoms with E-state index >= 15 is 0 Å². The number of nitrogens with zero attached hydrogens (tertiary/aromatic N) is 1. The molecule has 0 atom stereocenters. The van der Waals surface area contributed by atoms with Gasteiger partial charge in [-0.1, -0.05) is 47.5 Å². The monoisotopic (exact) mass is 383 g/mol. The molecule has 6 nitrogen and oxygen atoms in total. The standard InChI is InChI=1S/C20H21N3O3S/c1-13-4-8-16(9-5-13)12-18-15(3)21-20(22-19(18)24)23-27(25,26)17-10-6-14(2)7-11-17/h4-11H,12H2,1-3H3,(H2,21,22,23,24). The second kappa shape index (κ2) is 7.36. The third kappa shape index (κ3) is 4.43. The Morgan fingerprint density at radius 3 is 2.04 bits per heavy atom. The summed E-state index contributed by atoms with van der Waals surface area (Å²) < 4.78 is 27.3. The third-order valence-electron chi connectivity index (χ3n) is 4.29. The number of aromatic nitrogens is 2. The summed E-state index contributed by atoms with van der Waals surface area (Å²) in [7, 11) is -3.82. The van der Waals surface area contributed by atoms with Gasteiger partial charge in [0.2, 0.25) is 5.95 Å². The van der Waals surface area contributed by atoms with Gasteiger partial charge < -0.3 is 0 Å². The van der Waals surface area contributed by atoms with Crippen molar-refractivity contribution in [2.45, 2.75) is 32.1 Å². The summed E-state index contributed by atoms with van der Waals surface area (Å²) in [6.45, 7) is 5.57. The molecule has 0 fully saturated rings. The predicted molar refractivity (Wildman–Crippen MR) is 106 cm³/mol. The molecular formula is C20H21N3O3S. The van der Waals surface area contributed by atoms with E-state index in [0.29, 0.717) is 17.7 Å². The van der Waals surface area contributed by atoms with Crippen LogP contribution in [-0.4, -0.2) is 18.4 Å². The van der Waals surface area contributed by atoms with Crippen molar-refractivity contribution in [2.24, 2.45) is 0 Å². The molecule has 0 spiro atoms. The number of hydrogen-bond acceptors (Lipinski definition) is 4. The molecule has 0 amide bonds. The van der Waals surface area contributed by atoms with Gasteiger partial charge in [0.05, 0.1) is 10.6 Å². The highest BCUT2D eigenvalue weighted by Crippen LogP contribution is 2.15. The first kappa shape index (κ1) is 18.8. The van der Waals surface area contributed by atoms with Crippen LogP contribution in [0.25, 0.3) is 0 Å². The molecule has 0 saturated carbocycles. The van der Waals surface area contributed by atoms with Gasteiger partial charge in [-0.05, 0) is 38.5 Å². The zero-order valence-corrected chi connectivity index (χ0v) is 16.2. The van der Waals surface area contributed by atoms with Crippen LogP contribution in [0.3, 0.4) is 0 Å². The number of benzene rings is 2. The van der Waals surface area contributed by atoms with Crippen molar-refractivity contribution in [1.29, 1.82) is 0 Å². The van der Waals surface area contributed by atoms with Gasteiger partial charge in [0.1, 0.15) is 0 Å². The summed E-state index contributed by atoms with van der Waals surface area (Å²) in [6.07, 6.45) is 0.430. The lowest BCUT2D eigenvalue weighted by Gasteiger charge is -2.10. The summed E-state index contributed by atoms with van der Waals surface area (Å²) in [5.41, 5.74) is 3.73. The molecule has 0 radical (unpaired) electrons. The molecular weight excluding hydrogens is 362 g/mol. The maximum Gasteiger partial charge on any atom is 0.264 e. The molecule has 1 aromatic heterocycles. The number of aromatic amines is 1. The Balaban J connectivity index is 1.87. The van der Waals surface area contributed by atoms with Crippen LogP contribution >= 0.6 is 0 Å². The van der Waals surface area contributed by atoms with Crippen molar-refractivity contribution in [2.75, 3.05) is 4.72 Å². The molecule has 2 aromatic carbocycles. The molecule has 1 heterocycles. The smallest absolute Gasteiger partial charge is 0.264 e. The molecule has 0 aliphatic rings. The molecule has 0 aliphatic heterocycles. The van der Waals surface area contributed by atoms with E-state index in [2.05, 4.69) is 14.7 Å². The topological polar surface area (TPSA) is 91.9 Å². The van der Waals surface area contributed by atoms with Gasteiger partial charge in [-0.25, -0.2) is 18.1 Å². The lowest BCUT2D eigenvalue weighted by atomic mass is 10.0. The van der Waals surface area contributed by atoms with Gasteiger partial charge in [0.15, 0.2) is 0 Å². The van der Waals surface area contributed by atoms with E-state index in [1.807, 2.05) is 38.1 Å². The first-order valence-electron chi connectivity index (χ1n) is 8.49. The van der Waals surface area contributed by atoms with Crippen molar-refractivity contribution in [3.8, 4) is 0 Å². The lowest BCUT2D eigenvalue weighted by molar-refractivity contribution is 0.600. The molecule has 0 aliphatic carbocycles. The van der Waals surface area contributed by atoms with Crippen LogP contribution < -0.4 is 10.3 Å². The van der Waals surface area contributed by atoms with E-state index in [9.17, 15) is 13.2 Å². The van der Waals surface area contributed by atoms with Crippen LogP contribution in [0.5, 0.6) is 0 Å². The average Bonchev–Trinajstić information content (AvgIpc) is 2.60. The van der Waals surface area contributed by atoms with Gasteiger partial charge in [-0.2, -0.15) is 0 Å². The van der Waals surface area contributed by atoms with E-state index < -0.39 is 10.0 Å². The Morgan fingerprint density at radius 2 is 1.48 bits per heavy atom. The van der Waals surface area contributed by atoms with Crippen molar-refractivity contribution >= 4 is 16.0 Å². The second-order valence-corrected chi connectivity index (χ2v) is 8.24. The number of hydrogen-bond donors (Lipinski definition) is 2. The average molecular weight is 383 g/mol. The Hall–Kier alpha value is -2.93. The SMILES string of the molecule is Cc1ccc(Cc2c(C)nc(NS(=O)(=O)c3ccc(C)cc3)[nH]c2=O)cc1. The zero-order chi connectivity index (χ0) is 19.6. The van der Waals surface area contributed by atoms with Crippen LogP contribution in [0.1, 0.15) is 27.9 Å². The van der Waals surface area contributed by atoms with Crippen LogP contribution in [0.15, 0.2) is 58.2 Å². The maximum atomic E-state index is 12.5. The number of aryl methyl sites for hydroxylation is 3. The molecule has 2 N–H and O–H groups in total. The Kier molecular flexibility index (Phi) is 5.14. The normalized spacial score (nSPS) is 11.4. The van der Waals surface area contributed by atoms with E-state index in [0.717, 1.165) is 16.7 Å². The molecule has 0 saturated heterocycles. The number of rotatable bonds is 5. The van der Waals surface area contributed by atoms with Crippen LogP contribution in [0.4, 0.5) is 5.95 Å². The molecule has 3 rings (SSSR count). The van der Waals surface area contributed by atoms with Crippen LogP contribution in [-0.2, 0) is 16.4 Å². The summed E-state index contributed by atoms with van der Waals surface area (Å²) in [5.74, 6) is -0.0919. The van der Waals surface area contributed by atoms with Gasteiger partial charge in [-0.15, -0.1) is 0 Å². The van der Waals surface area contributed by atoms with Crippen molar-refractivity contribution in [3.63, 3.8) is 0 Å². The Morgan fingerprint density at radius 1 is 0.926 bits per heavy atom. The predicted octanol–water partition coefficient (Wildman–Crippen LogP) is 3.09. The lowest BCUT2D eigenvalue weighted by Crippen LogP contribution is -2.22. The highest BCUT2D eigenvalue weighted by Gasteiger charge is 2.17. The number of H-pyrrole nitrogens is 1. The van der Waals surface area contributed by atoms with E-state index in [1.165, 1.54) is 12.1 Å². The first-order valence-corrected chi connectivity index (χ1v) is 9.98. The number of anilines is 1. The van der Waals surface area contributed by atoms with Crippen molar-refractivity contribution < 1.29 is 8.42 Å². The van der Waals surface area contributed by atoms with Gasteiger partial charge in [0.25, 0.3) is 15.6 Å². The molecule has 27 heavy (non-hydrogen) atoms. The highest BCUT2D eigenvalue weighted by molar-refractivity contribution is 7.92. The fourth-order valence-corrected chi connectivity index (χ4v) is 3.64. The minimum Gasteiger partial charge on any atom is -0.292 e. The Bertz CT molecular complexity index is 1120. The van der Waals surface area contributed by atoms with Crippen molar-refractivity contribution in [3.05, 3.63) is 86.8 Å². The molecule has 7 heteroatoms. The third-order valence-corrected chi connectivity index (χ3v) is 5.64. The summed E-state index contributed by atoms with van der Waals surface area (Å²) in [4.78, 5) is 19.3. The van der Waals surface area contributed by atoms with Crippen LogP contribution in [0, 0.1) is 20.8 Å². The zero-order valence-electron chi connectivity index (χ0n) is 15.4. The van der Waals surface area contributed by atoms with E-state index in [-0.39, 0.29) is 16.4 Å². The molecule has 3 aromatic rings. The maximum absolute atomic E-state index is 12.5. The minimum atomic E-state index is -3.82. The molecule has 0 bridgehead atoms. The highest BCUT2D eigenvalue weighted by atomic mass is 32.2. The molecule has 140 valence electrons. The van der Waals surface area contributed by atoms with Gasteiger partial charge in [0, 0.05) is 12.0 Å². The van der Waals surface area contributed by atoms with E-state index in [4.69, 9.17) is 0 Å². The van der Waals surface area contributed by atoms with Crippen LogP contribution in [0.2, 0.25) is 0 Å². The number of sulfonamides is 1. The Labute approximate surface area is 158 Å². The summed E-state index contributed by atoms with van der Waals surface area (Å²) >= 11 is 0. The van der Waals surface area contributed by atoms with Gasteiger partial charge in [-0.3, -0.25) is 9.78 Å².